The van der Waals surface area contributed by atoms with Gasteiger partial charge in [-0.25, -0.2) is 14.8 Å². The van der Waals surface area contributed by atoms with Gasteiger partial charge in [-0.1, -0.05) is 0 Å². The van der Waals surface area contributed by atoms with E-state index >= 15 is 0 Å². The average molecular weight is 281 g/mol. The fourth-order valence-corrected chi connectivity index (χ4v) is 1.70. The predicted octanol–water partition coefficient (Wildman–Crippen LogP) is 1.46. The molecule has 0 N–H and O–H groups in total. The summed E-state index contributed by atoms with van der Waals surface area (Å²) in [5.41, 5.74) is 2.12. The van der Waals surface area contributed by atoms with E-state index in [1.54, 1.807) is 36.7 Å². The Labute approximate surface area is 121 Å². The standard InChI is InChI=1S/C15H11N3O3/c16-5-10-1-3-12(4-2-10)14-17-6-11(7-18-14)8-21-15(19)13-9-20-13/h1-4,6-7,13H,8-9H2. The van der Waals surface area contributed by atoms with Crippen LogP contribution >= 0.6 is 0 Å². The van der Waals surface area contributed by atoms with Gasteiger partial charge in [0.1, 0.15) is 6.61 Å². The van der Waals surface area contributed by atoms with Crippen LogP contribution in [0, 0.1) is 11.3 Å². The summed E-state index contributed by atoms with van der Waals surface area (Å²) in [6, 6.07) is 9.06. The number of benzene rings is 1. The highest BCUT2D eigenvalue weighted by Gasteiger charge is 2.32. The van der Waals surface area contributed by atoms with Crippen molar-refractivity contribution in [3.8, 4) is 17.5 Å². The van der Waals surface area contributed by atoms with E-state index in [1.807, 2.05) is 0 Å². The Balaban J connectivity index is 1.65. The molecule has 0 bridgehead atoms. The lowest BCUT2D eigenvalue weighted by atomic mass is 10.1. The number of esters is 1. The number of epoxide rings is 1. The molecule has 2 aromatic rings. The molecular formula is C15H11N3O3. The molecule has 1 aromatic heterocycles. The zero-order chi connectivity index (χ0) is 14.7. The van der Waals surface area contributed by atoms with E-state index in [2.05, 4.69) is 16.0 Å². The lowest BCUT2D eigenvalue weighted by Crippen LogP contribution is -2.11. The van der Waals surface area contributed by atoms with Crippen LogP contribution in [0.1, 0.15) is 11.1 Å². The summed E-state index contributed by atoms with van der Waals surface area (Å²) in [6.45, 7) is 0.569. The zero-order valence-corrected chi connectivity index (χ0v) is 11.0. The summed E-state index contributed by atoms with van der Waals surface area (Å²) in [7, 11) is 0. The van der Waals surface area contributed by atoms with Crippen LogP contribution in [0.25, 0.3) is 11.4 Å². The van der Waals surface area contributed by atoms with Crippen molar-refractivity contribution in [1.29, 1.82) is 5.26 Å². The van der Waals surface area contributed by atoms with Gasteiger partial charge in [0.25, 0.3) is 0 Å². The summed E-state index contributed by atoms with van der Waals surface area (Å²) < 4.78 is 9.87. The molecule has 1 aliphatic heterocycles. The second-order valence-corrected chi connectivity index (χ2v) is 4.53. The summed E-state index contributed by atoms with van der Waals surface area (Å²) in [5.74, 6) is 0.200. The first kappa shape index (κ1) is 13.2. The number of hydrogen-bond acceptors (Lipinski definition) is 6. The minimum absolute atomic E-state index is 0.131. The third-order valence-electron chi connectivity index (χ3n) is 2.95. The smallest absolute Gasteiger partial charge is 0.338 e. The van der Waals surface area contributed by atoms with Gasteiger partial charge in [-0.15, -0.1) is 0 Å². The first-order valence-corrected chi connectivity index (χ1v) is 6.36. The van der Waals surface area contributed by atoms with E-state index in [-0.39, 0.29) is 12.6 Å². The molecule has 0 radical (unpaired) electrons. The van der Waals surface area contributed by atoms with E-state index in [1.165, 1.54) is 0 Å². The Morgan fingerprint density at radius 3 is 2.57 bits per heavy atom. The highest BCUT2D eigenvalue weighted by atomic mass is 16.6. The van der Waals surface area contributed by atoms with Crippen molar-refractivity contribution in [3.63, 3.8) is 0 Å². The van der Waals surface area contributed by atoms with Gasteiger partial charge in [-0.2, -0.15) is 5.26 Å². The maximum Gasteiger partial charge on any atom is 0.338 e. The molecule has 21 heavy (non-hydrogen) atoms. The molecule has 6 nitrogen and oxygen atoms in total. The molecule has 0 saturated carbocycles. The number of carbonyl (C=O) groups is 1. The van der Waals surface area contributed by atoms with Gasteiger partial charge < -0.3 is 9.47 Å². The Morgan fingerprint density at radius 1 is 1.33 bits per heavy atom. The molecule has 3 rings (SSSR count). The van der Waals surface area contributed by atoms with Gasteiger partial charge in [0, 0.05) is 23.5 Å². The van der Waals surface area contributed by atoms with Crippen LogP contribution in [0.4, 0.5) is 0 Å². The molecule has 0 aliphatic carbocycles. The fraction of sp³-hybridized carbons (Fsp3) is 0.200. The molecule has 1 aromatic carbocycles. The first-order valence-electron chi connectivity index (χ1n) is 6.36. The second-order valence-electron chi connectivity index (χ2n) is 4.53. The maximum absolute atomic E-state index is 11.3. The lowest BCUT2D eigenvalue weighted by molar-refractivity contribution is -0.146. The van der Waals surface area contributed by atoms with E-state index in [9.17, 15) is 4.79 Å². The third kappa shape index (κ3) is 3.22. The lowest BCUT2D eigenvalue weighted by Gasteiger charge is -2.04. The van der Waals surface area contributed by atoms with Crippen LogP contribution in [0.5, 0.6) is 0 Å². The van der Waals surface area contributed by atoms with Gasteiger partial charge in [0.15, 0.2) is 11.9 Å². The monoisotopic (exact) mass is 281 g/mol. The van der Waals surface area contributed by atoms with Gasteiger partial charge in [0.2, 0.25) is 0 Å². The van der Waals surface area contributed by atoms with Crippen LogP contribution in [-0.2, 0) is 20.9 Å². The minimum atomic E-state index is -0.399. The largest absolute Gasteiger partial charge is 0.459 e. The van der Waals surface area contributed by atoms with Gasteiger partial charge in [-0.05, 0) is 24.3 Å². The molecule has 0 spiro atoms. The number of carbonyl (C=O) groups excluding carboxylic acids is 1. The highest BCUT2D eigenvalue weighted by Crippen LogP contribution is 2.16. The number of nitriles is 1. The van der Waals surface area contributed by atoms with Crippen LogP contribution in [0.2, 0.25) is 0 Å². The summed E-state index contributed by atoms with van der Waals surface area (Å²) in [6.07, 6.45) is 2.83. The molecule has 1 unspecified atom stereocenters. The Hall–Kier alpha value is -2.78. The van der Waals surface area contributed by atoms with E-state index < -0.39 is 6.10 Å². The van der Waals surface area contributed by atoms with Crippen molar-refractivity contribution in [2.75, 3.05) is 6.61 Å². The van der Waals surface area contributed by atoms with E-state index in [0.29, 0.717) is 23.6 Å². The Bertz CT molecular complexity index is 686. The SMILES string of the molecule is N#Cc1ccc(-c2ncc(COC(=O)C3CO3)cn2)cc1. The van der Waals surface area contributed by atoms with Crippen LogP contribution < -0.4 is 0 Å². The van der Waals surface area contributed by atoms with Crippen LogP contribution in [-0.4, -0.2) is 28.6 Å². The Kier molecular flexibility index (Phi) is 3.58. The Morgan fingerprint density at radius 2 is 2.00 bits per heavy atom. The summed E-state index contributed by atoms with van der Waals surface area (Å²) >= 11 is 0. The molecule has 2 heterocycles. The molecular weight excluding hydrogens is 270 g/mol. The predicted molar refractivity (Wildman–Crippen MR) is 71.7 cm³/mol. The van der Waals surface area contributed by atoms with Crippen LogP contribution in [0.3, 0.4) is 0 Å². The third-order valence-corrected chi connectivity index (χ3v) is 2.95. The maximum atomic E-state index is 11.3. The number of ether oxygens (including phenoxy) is 2. The molecule has 1 aliphatic rings. The van der Waals surface area contributed by atoms with E-state index in [0.717, 1.165) is 5.56 Å². The van der Waals surface area contributed by atoms with Gasteiger partial charge in [0.05, 0.1) is 18.2 Å². The van der Waals surface area contributed by atoms with Gasteiger partial charge in [-0.3, -0.25) is 0 Å². The molecule has 6 heteroatoms. The van der Waals surface area contributed by atoms with Crippen molar-refractivity contribution in [1.82, 2.24) is 9.97 Å². The van der Waals surface area contributed by atoms with Crippen molar-refractivity contribution in [2.45, 2.75) is 12.7 Å². The molecule has 1 atom stereocenters. The molecule has 0 amide bonds. The summed E-state index contributed by atoms with van der Waals surface area (Å²) in [5, 5.41) is 8.75. The van der Waals surface area contributed by atoms with Crippen molar-refractivity contribution in [3.05, 3.63) is 47.8 Å². The highest BCUT2D eigenvalue weighted by molar-refractivity contribution is 5.76. The van der Waals surface area contributed by atoms with Crippen molar-refractivity contribution < 1.29 is 14.3 Å². The van der Waals surface area contributed by atoms with Crippen LogP contribution in [0.15, 0.2) is 36.7 Å². The van der Waals surface area contributed by atoms with Crippen molar-refractivity contribution >= 4 is 5.97 Å². The number of rotatable bonds is 4. The number of aromatic nitrogens is 2. The number of nitrogens with zero attached hydrogens (tertiary/aromatic N) is 3. The summed E-state index contributed by atoms with van der Waals surface area (Å²) in [4.78, 5) is 19.8. The number of hydrogen-bond donors (Lipinski definition) is 0. The molecule has 1 saturated heterocycles. The second kappa shape index (κ2) is 5.69. The van der Waals surface area contributed by atoms with E-state index in [4.69, 9.17) is 14.7 Å². The average Bonchev–Trinajstić information content (AvgIpc) is 3.38. The minimum Gasteiger partial charge on any atom is -0.459 e. The molecule has 1 fully saturated rings. The molecule has 104 valence electrons. The zero-order valence-electron chi connectivity index (χ0n) is 11.0. The van der Waals surface area contributed by atoms with Gasteiger partial charge >= 0.3 is 5.97 Å². The topological polar surface area (TPSA) is 88.4 Å². The normalized spacial score (nSPS) is 16.0. The van der Waals surface area contributed by atoms with Crippen molar-refractivity contribution in [2.24, 2.45) is 0 Å². The fourth-order valence-electron chi connectivity index (χ4n) is 1.70. The quantitative estimate of drug-likeness (QED) is 0.622. The first-order chi connectivity index (χ1) is 10.3.